The molecule has 0 aromatic heterocycles. The smallest absolute Gasteiger partial charge is 0.192 e. The Bertz CT molecular complexity index is 126. The molecule has 0 heterocycles. The predicted octanol–water partition coefficient (Wildman–Crippen LogP) is 4.42. The van der Waals surface area contributed by atoms with Gasteiger partial charge in [0.1, 0.15) is 0 Å². The van der Waals surface area contributed by atoms with Crippen LogP contribution >= 0.6 is 11.6 Å². The van der Waals surface area contributed by atoms with Crippen LogP contribution in [0.2, 0.25) is 18.1 Å². The molecule has 0 aliphatic heterocycles. The fourth-order valence-corrected chi connectivity index (χ4v) is 5.22. The largest absolute Gasteiger partial charge is 0.417 e. The van der Waals surface area contributed by atoms with Crippen LogP contribution in [-0.2, 0) is 4.43 Å². The highest BCUT2D eigenvalue weighted by molar-refractivity contribution is 6.73. The van der Waals surface area contributed by atoms with E-state index in [-0.39, 0.29) is 0 Å². The number of hydrogen-bond donors (Lipinski definition) is 0. The van der Waals surface area contributed by atoms with Crippen LogP contribution in [-0.4, -0.2) is 20.8 Å². The molecule has 0 N–H and O–H groups in total. The molecule has 86 valence electrons. The maximum atomic E-state index is 6.15. The van der Waals surface area contributed by atoms with Crippen molar-refractivity contribution in [3.8, 4) is 0 Å². The van der Waals surface area contributed by atoms with Crippen molar-refractivity contribution in [2.45, 2.75) is 58.2 Å². The summed E-state index contributed by atoms with van der Waals surface area (Å²) in [7, 11) is -1.39. The Hall–Kier alpha value is 0.467. The minimum Gasteiger partial charge on any atom is -0.417 e. The molecular weight excluding hydrogens is 212 g/mol. The second-order valence-corrected chi connectivity index (χ2v) is 8.83. The first-order valence-electron chi connectivity index (χ1n) is 5.94. The van der Waals surface area contributed by atoms with Crippen molar-refractivity contribution >= 4 is 19.9 Å². The molecule has 0 fully saturated rings. The molecular formula is C11H25ClOSi. The van der Waals surface area contributed by atoms with Gasteiger partial charge in [-0.15, -0.1) is 11.6 Å². The van der Waals surface area contributed by atoms with Crippen LogP contribution in [0.4, 0.5) is 0 Å². The molecule has 0 aromatic rings. The fourth-order valence-electron chi connectivity index (χ4n) is 1.70. The highest BCUT2D eigenvalue weighted by Gasteiger charge is 2.29. The van der Waals surface area contributed by atoms with E-state index in [0.29, 0.717) is 0 Å². The van der Waals surface area contributed by atoms with E-state index in [1.54, 1.807) is 0 Å². The second-order valence-electron chi connectivity index (χ2n) is 3.88. The normalized spacial score (nSPS) is 12.0. The Balaban J connectivity index is 3.94. The van der Waals surface area contributed by atoms with Crippen molar-refractivity contribution in [3.63, 3.8) is 0 Å². The van der Waals surface area contributed by atoms with Gasteiger partial charge in [0.25, 0.3) is 0 Å². The first-order valence-corrected chi connectivity index (χ1v) is 9.01. The zero-order chi connectivity index (χ0) is 10.9. The molecule has 0 aliphatic carbocycles. The van der Waals surface area contributed by atoms with E-state index in [1.165, 1.54) is 31.0 Å². The van der Waals surface area contributed by atoms with Crippen molar-refractivity contribution in [3.05, 3.63) is 0 Å². The van der Waals surface area contributed by atoms with E-state index in [2.05, 4.69) is 20.8 Å². The number of hydrogen-bond acceptors (Lipinski definition) is 1. The van der Waals surface area contributed by atoms with Crippen LogP contribution in [0.5, 0.6) is 0 Å². The summed E-state index contributed by atoms with van der Waals surface area (Å²) in [6.45, 7) is 7.72. The Morgan fingerprint density at radius 2 is 1.71 bits per heavy atom. The molecule has 14 heavy (non-hydrogen) atoms. The molecule has 0 radical (unpaired) electrons. The number of halogens is 1. The first-order chi connectivity index (χ1) is 6.74. The number of rotatable bonds is 9. The Labute approximate surface area is 95.3 Å². The Kier molecular flexibility index (Phi) is 9.04. The summed E-state index contributed by atoms with van der Waals surface area (Å²) in [5, 5.41) is 0. The van der Waals surface area contributed by atoms with E-state index in [9.17, 15) is 0 Å². The maximum absolute atomic E-state index is 6.15. The van der Waals surface area contributed by atoms with Crippen LogP contribution in [0.3, 0.4) is 0 Å². The summed E-state index contributed by atoms with van der Waals surface area (Å²) >= 11 is 5.75. The minimum atomic E-state index is -1.39. The van der Waals surface area contributed by atoms with E-state index < -0.39 is 8.32 Å². The van der Waals surface area contributed by atoms with Crippen LogP contribution in [0.25, 0.3) is 0 Å². The summed E-state index contributed by atoms with van der Waals surface area (Å²) in [5.74, 6) is 0.784. The summed E-state index contributed by atoms with van der Waals surface area (Å²) < 4.78 is 6.15. The van der Waals surface area contributed by atoms with Crippen molar-refractivity contribution < 1.29 is 4.43 Å². The van der Waals surface area contributed by atoms with Gasteiger partial charge >= 0.3 is 0 Å². The van der Waals surface area contributed by atoms with Gasteiger partial charge in [0.05, 0.1) is 0 Å². The molecule has 0 rings (SSSR count). The summed E-state index contributed by atoms with van der Waals surface area (Å²) in [5.41, 5.74) is 0. The van der Waals surface area contributed by atoms with E-state index >= 15 is 0 Å². The van der Waals surface area contributed by atoms with E-state index in [4.69, 9.17) is 16.0 Å². The lowest BCUT2D eigenvalue weighted by Crippen LogP contribution is -2.37. The Morgan fingerprint density at radius 1 is 1.07 bits per heavy atom. The quantitative estimate of drug-likeness (QED) is 0.327. The second kappa shape index (κ2) is 8.75. The Morgan fingerprint density at radius 3 is 2.14 bits per heavy atom. The molecule has 0 aliphatic rings. The molecule has 0 amide bonds. The van der Waals surface area contributed by atoms with Gasteiger partial charge in [-0.05, 0) is 31.0 Å². The summed E-state index contributed by atoms with van der Waals surface area (Å²) in [6, 6.07) is 3.72. The molecule has 0 saturated heterocycles. The lowest BCUT2D eigenvalue weighted by Gasteiger charge is -2.29. The monoisotopic (exact) mass is 236 g/mol. The summed E-state index contributed by atoms with van der Waals surface area (Å²) in [6.07, 6.45) is 3.56. The van der Waals surface area contributed by atoms with Gasteiger partial charge in [-0.2, -0.15) is 0 Å². The van der Waals surface area contributed by atoms with Crippen molar-refractivity contribution in [1.29, 1.82) is 0 Å². The SMILES string of the molecule is CCCCO[Si](CC)(CC)CCCCl. The molecule has 1 nitrogen and oxygen atoms in total. The molecule has 0 atom stereocenters. The third kappa shape index (κ3) is 5.37. The van der Waals surface area contributed by atoms with Gasteiger partial charge < -0.3 is 4.43 Å². The molecule has 0 spiro atoms. The lowest BCUT2D eigenvalue weighted by atomic mass is 10.4. The van der Waals surface area contributed by atoms with Crippen LogP contribution in [0, 0.1) is 0 Å². The average molecular weight is 237 g/mol. The minimum absolute atomic E-state index is 0.784. The van der Waals surface area contributed by atoms with E-state index in [1.807, 2.05) is 0 Å². The van der Waals surface area contributed by atoms with Crippen LogP contribution in [0.1, 0.15) is 40.0 Å². The highest BCUT2D eigenvalue weighted by atomic mass is 35.5. The molecule has 3 heteroatoms. The van der Waals surface area contributed by atoms with Crippen molar-refractivity contribution in [1.82, 2.24) is 0 Å². The molecule has 0 unspecified atom stereocenters. The summed E-state index contributed by atoms with van der Waals surface area (Å²) in [4.78, 5) is 0. The topological polar surface area (TPSA) is 9.23 Å². The third-order valence-corrected chi connectivity index (χ3v) is 7.89. The lowest BCUT2D eigenvalue weighted by molar-refractivity contribution is 0.290. The molecule has 0 aromatic carbocycles. The average Bonchev–Trinajstić information content (AvgIpc) is 2.24. The van der Waals surface area contributed by atoms with Crippen molar-refractivity contribution in [2.75, 3.05) is 12.5 Å². The van der Waals surface area contributed by atoms with Gasteiger partial charge in [-0.3, -0.25) is 0 Å². The molecule has 0 saturated carbocycles. The van der Waals surface area contributed by atoms with E-state index in [0.717, 1.165) is 18.9 Å². The van der Waals surface area contributed by atoms with Gasteiger partial charge in [0.15, 0.2) is 8.32 Å². The van der Waals surface area contributed by atoms with Gasteiger partial charge in [-0.25, -0.2) is 0 Å². The van der Waals surface area contributed by atoms with Gasteiger partial charge in [0.2, 0.25) is 0 Å². The zero-order valence-electron chi connectivity index (χ0n) is 9.94. The van der Waals surface area contributed by atoms with Crippen LogP contribution < -0.4 is 0 Å². The first kappa shape index (κ1) is 14.5. The highest BCUT2D eigenvalue weighted by Crippen LogP contribution is 2.24. The van der Waals surface area contributed by atoms with Crippen LogP contribution in [0.15, 0.2) is 0 Å². The van der Waals surface area contributed by atoms with Crippen molar-refractivity contribution in [2.24, 2.45) is 0 Å². The molecule has 0 bridgehead atoms. The van der Waals surface area contributed by atoms with Gasteiger partial charge in [0, 0.05) is 12.5 Å². The third-order valence-electron chi connectivity index (χ3n) is 2.96. The maximum Gasteiger partial charge on any atom is 0.192 e. The van der Waals surface area contributed by atoms with Gasteiger partial charge in [-0.1, -0.05) is 27.2 Å². The fraction of sp³-hybridized carbons (Fsp3) is 1.00. The number of alkyl halides is 1. The standard InChI is InChI=1S/C11H25ClOSi/c1-4-7-10-13-14(5-2,6-3)11-8-9-12/h4-11H2,1-3H3. The number of unbranched alkanes of at least 4 members (excludes halogenated alkanes) is 1. The predicted molar refractivity (Wildman–Crippen MR) is 67.7 cm³/mol. The zero-order valence-corrected chi connectivity index (χ0v) is 11.7.